The van der Waals surface area contributed by atoms with Gasteiger partial charge in [0.25, 0.3) is 0 Å². The van der Waals surface area contributed by atoms with Crippen LogP contribution in [-0.2, 0) is 14.8 Å². The Morgan fingerprint density at radius 3 is 2.10 bits per heavy atom. The van der Waals surface area contributed by atoms with Crippen LogP contribution in [0, 0.1) is 6.92 Å². The second-order valence-electron chi connectivity index (χ2n) is 8.82. The predicted molar refractivity (Wildman–Crippen MR) is 113 cm³/mol. The van der Waals surface area contributed by atoms with Crippen LogP contribution in [0.4, 0.5) is 0 Å². The summed E-state index contributed by atoms with van der Waals surface area (Å²) in [5, 5.41) is 0. The molecule has 4 rings (SSSR count). The number of sulfonamides is 1. The fourth-order valence-electron chi connectivity index (χ4n) is 4.68. The van der Waals surface area contributed by atoms with Gasteiger partial charge in [0.05, 0.1) is 11.4 Å². The van der Waals surface area contributed by atoms with Crippen LogP contribution in [-0.4, -0.2) is 73.2 Å². The first kappa shape index (κ1) is 20.8. The van der Waals surface area contributed by atoms with Crippen LogP contribution in [0.1, 0.15) is 50.5 Å². The van der Waals surface area contributed by atoms with Gasteiger partial charge in [-0.1, -0.05) is 37.0 Å². The molecule has 3 fully saturated rings. The third kappa shape index (κ3) is 4.84. The first-order valence-electron chi connectivity index (χ1n) is 11.1. The van der Waals surface area contributed by atoms with Gasteiger partial charge in [-0.15, -0.1) is 0 Å². The fraction of sp³-hybridized carbons (Fsp3) is 0.682. The van der Waals surface area contributed by atoms with E-state index >= 15 is 0 Å². The predicted octanol–water partition coefficient (Wildman–Crippen LogP) is 2.63. The summed E-state index contributed by atoms with van der Waals surface area (Å²) in [4.78, 5) is 17.7. The van der Waals surface area contributed by atoms with Gasteiger partial charge in [0.1, 0.15) is 0 Å². The third-order valence-corrected chi connectivity index (χ3v) is 8.46. The van der Waals surface area contributed by atoms with Crippen molar-refractivity contribution in [2.45, 2.75) is 68.8 Å². The molecular weight excluding hydrogens is 386 g/mol. The molecular formula is C22H33N3O3S. The number of amides is 1. The van der Waals surface area contributed by atoms with Crippen LogP contribution < -0.4 is 0 Å². The van der Waals surface area contributed by atoms with Gasteiger partial charge in [0, 0.05) is 38.3 Å². The molecule has 1 aromatic carbocycles. The molecule has 1 aromatic rings. The summed E-state index contributed by atoms with van der Waals surface area (Å²) in [7, 11) is -3.46. The van der Waals surface area contributed by atoms with Gasteiger partial charge < -0.3 is 4.90 Å². The van der Waals surface area contributed by atoms with E-state index in [0.29, 0.717) is 49.7 Å². The van der Waals surface area contributed by atoms with Crippen LogP contribution in [0.2, 0.25) is 0 Å². The summed E-state index contributed by atoms with van der Waals surface area (Å²) < 4.78 is 27.3. The second kappa shape index (κ2) is 8.74. The summed E-state index contributed by atoms with van der Waals surface area (Å²) >= 11 is 0. The Hall–Kier alpha value is -1.44. The molecule has 0 unspecified atom stereocenters. The van der Waals surface area contributed by atoms with E-state index in [1.54, 1.807) is 16.4 Å². The number of hydrogen-bond donors (Lipinski definition) is 0. The number of benzene rings is 1. The normalized spacial score (nSPS) is 22.5. The Balaban J connectivity index is 1.33. The van der Waals surface area contributed by atoms with Crippen molar-refractivity contribution in [3.8, 4) is 0 Å². The molecule has 6 nitrogen and oxygen atoms in total. The summed E-state index contributed by atoms with van der Waals surface area (Å²) in [5.74, 6) is 0.245. The lowest BCUT2D eigenvalue weighted by atomic mass is 9.94. The third-order valence-electron chi connectivity index (χ3n) is 6.55. The average Bonchev–Trinajstić information content (AvgIpc) is 3.55. The van der Waals surface area contributed by atoms with Crippen molar-refractivity contribution in [1.29, 1.82) is 0 Å². The number of carbonyl (C=O) groups is 1. The van der Waals surface area contributed by atoms with Gasteiger partial charge in [0.2, 0.25) is 15.9 Å². The van der Waals surface area contributed by atoms with Crippen molar-refractivity contribution in [3.05, 3.63) is 29.8 Å². The minimum absolute atomic E-state index is 0.245. The zero-order valence-electron chi connectivity index (χ0n) is 17.4. The lowest BCUT2D eigenvalue weighted by Gasteiger charge is -2.38. The first-order valence-corrected chi connectivity index (χ1v) is 12.5. The highest BCUT2D eigenvalue weighted by Gasteiger charge is 2.38. The van der Waals surface area contributed by atoms with Crippen molar-refractivity contribution in [2.75, 3.05) is 32.7 Å². The van der Waals surface area contributed by atoms with E-state index in [2.05, 4.69) is 9.80 Å². The minimum atomic E-state index is -3.46. The van der Waals surface area contributed by atoms with Gasteiger partial charge in [-0.05, 0) is 44.7 Å². The maximum Gasteiger partial charge on any atom is 0.243 e. The number of carbonyl (C=O) groups excluding carboxylic acids is 1. The zero-order valence-corrected chi connectivity index (χ0v) is 18.2. The van der Waals surface area contributed by atoms with Crippen LogP contribution >= 0.6 is 0 Å². The molecule has 0 atom stereocenters. The number of hydrogen-bond acceptors (Lipinski definition) is 4. The molecule has 1 saturated heterocycles. The maximum absolute atomic E-state index is 13.1. The molecule has 0 radical (unpaired) electrons. The van der Waals surface area contributed by atoms with E-state index in [4.69, 9.17) is 0 Å². The molecule has 0 spiro atoms. The van der Waals surface area contributed by atoms with E-state index in [0.717, 1.165) is 31.2 Å². The van der Waals surface area contributed by atoms with E-state index in [9.17, 15) is 13.2 Å². The summed E-state index contributed by atoms with van der Waals surface area (Å²) in [5.41, 5.74) is 1.05. The standard InChI is InChI=1S/C22H33N3O3S/c1-18-7-11-21(12-8-18)29(27,28)24-15-13-23(14-16-24)17-22(26)25(20-9-10-20)19-5-3-2-4-6-19/h7-8,11-12,19-20H,2-6,9-10,13-17H2,1H3. The Labute approximate surface area is 174 Å². The van der Waals surface area contributed by atoms with E-state index in [-0.39, 0.29) is 5.91 Å². The molecule has 2 saturated carbocycles. The molecule has 2 aliphatic carbocycles. The van der Waals surface area contributed by atoms with E-state index in [1.807, 2.05) is 19.1 Å². The van der Waals surface area contributed by atoms with Crippen LogP contribution in [0.3, 0.4) is 0 Å². The quantitative estimate of drug-likeness (QED) is 0.711. The van der Waals surface area contributed by atoms with Crippen LogP contribution in [0.5, 0.6) is 0 Å². The Morgan fingerprint density at radius 2 is 1.52 bits per heavy atom. The number of aryl methyl sites for hydroxylation is 1. The van der Waals surface area contributed by atoms with E-state index in [1.165, 1.54) is 19.3 Å². The summed E-state index contributed by atoms with van der Waals surface area (Å²) in [6, 6.07) is 7.90. The van der Waals surface area contributed by atoms with Crippen molar-refractivity contribution >= 4 is 15.9 Å². The SMILES string of the molecule is Cc1ccc(S(=O)(=O)N2CCN(CC(=O)N(C3CCCCC3)C3CC3)CC2)cc1. The summed E-state index contributed by atoms with van der Waals surface area (Å²) in [6.45, 7) is 4.47. The molecule has 1 aliphatic heterocycles. The van der Waals surface area contributed by atoms with Gasteiger partial charge >= 0.3 is 0 Å². The van der Waals surface area contributed by atoms with Gasteiger partial charge in [-0.2, -0.15) is 4.31 Å². The molecule has 0 bridgehead atoms. The van der Waals surface area contributed by atoms with Crippen molar-refractivity contribution < 1.29 is 13.2 Å². The highest BCUT2D eigenvalue weighted by molar-refractivity contribution is 7.89. The first-order chi connectivity index (χ1) is 13.9. The molecule has 1 heterocycles. The van der Waals surface area contributed by atoms with Gasteiger partial charge in [0.15, 0.2) is 0 Å². The van der Waals surface area contributed by atoms with Crippen molar-refractivity contribution in [2.24, 2.45) is 0 Å². The number of rotatable bonds is 6. The largest absolute Gasteiger partial charge is 0.336 e. The van der Waals surface area contributed by atoms with Gasteiger partial charge in [-0.25, -0.2) is 8.42 Å². The van der Waals surface area contributed by atoms with Crippen molar-refractivity contribution in [3.63, 3.8) is 0 Å². The zero-order chi connectivity index (χ0) is 20.4. The highest BCUT2D eigenvalue weighted by Crippen LogP contribution is 2.34. The molecule has 29 heavy (non-hydrogen) atoms. The van der Waals surface area contributed by atoms with Gasteiger partial charge in [-0.3, -0.25) is 9.69 Å². The lowest BCUT2D eigenvalue weighted by Crippen LogP contribution is -2.53. The Bertz CT molecular complexity index is 806. The molecule has 0 aromatic heterocycles. The smallest absolute Gasteiger partial charge is 0.243 e. The second-order valence-corrected chi connectivity index (χ2v) is 10.8. The maximum atomic E-state index is 13.1. The molecule has 160 valence electrons. The monoisotopic (exact) mass is 419 g/mol. The number of piperazine rings is 1. The number of nitrogens with zero attached hydrogens (tertiary/aromatic N) is 3. The topological polar surface area (TPSA) is 60.9 Å². The van der Waals surface area contributed by atoms with E-state index < -0.39 is 10.0 Å². The van der Waals surface area contributed by atoms with Crippen LogP contribution in [0.15, 0.2) is 29.2 Å². The molecule has 1 amide bonds. The molecule has 0 N–H and O–H groups in total. The van der Waals surface area contributed by atoms with Crippen molar-refractivity contribution in [1.82, 2.24) is 14.1 Å². The summed E-state index contributed by atoms with van der Waals surface area (Å²) in [6.07, 6.45) is 8.33. The average molecular weight is 420 g/mol. The Kier molecular flexibility index (Phi) is 6.27. The lowest BCUT2D eigenvalue weighted by molar-refractivity contribution is -0.136. The highest BCUT2D eigenvalue weighted by atomic mass is 32.2. The fourth-order valence-corrected chi connectivity index (χ4v) is 6.10. The van der Waals surface area contributed by atoms with Crippen LogP contribution in [0.25, 0.3) is 0 Å². The Morgan fingerprint density at radius 1 is 0.931 bits per heavy atom. The molecule has 3 aliphatic rings. The molecule has 7 heteroatoms. The minimum Gasteiger partial charge on any atom is -0.336 e.